The highest BCUT2D eigenvalue weighted by atomic mass is 15.1. The summed E-state index contributed by atoms with van der Waals surface area (Å²) in [7, 11) is 2.27. The van der Waals surface area contributed by atoms with Crippen molar-refractivity contribution in [1.29, 1.82) is 0 Å². The van der Waals surface area contributed by atoms with Gasteiger partial charge in [-0.05, 0) is 62.2 Å². The van der Waals surface area contributed by atoms with E-state index in [1.165, 1.54) is 41.4 Å². The van der Waals surface area contributed by atoms with Gasteiger partial charge in [-0.1, -0.05) is 18.6 Å². The monoisotopic (exact) mass is 345 g/mol. The minimum absolute atomic E-state index is 0.156. The third-order valence-corrected chi connectivity index (χ3v) is 6.64. The summed E-state index contributed by atoms with van der Waals surface area (Å²) in [5.74, 6) is 0.639. The minimum Gasteiger partial charge on any atom is -0.343 e. The Bertz CT molecular complexity index is 972. The molecule has 26 heavy (non-hydrogen) atoms. The molecule has 2 aliphatic rings. The zero-order chi connectivity index (χ0) is 17.9. The second kappa shape index (κ2) is 5.68. The van der Waals surface area contributed by atoms with Crippen LogP contribution in [-0.2, 0) is 18.5 Å². The number of benzene rings is 1. The summed E-state index contributed by atoms with van der Waals surface area (Å²) in [6.45, 7) is 7.96. The zero-order valence-corrected chi connectivity index (χ0v) is 16.0. The summed E-state index contributed by atoms with van der Waals surface area (Å²) in [5, 5.41) is 1.47. The smallest absolute Gasteiger partial charge is 0.0486 e. The fourth-order valence-electron chi connectivity index (χ4n) is 5.30. The van der Waals surface area contributed by atoms with Crippen molar-refractivity contribution in [2.45, 2.75) is 51.1 Å². The summed E-state index contributed by atoms with van der Waals surface area (Å²) < 4.78 is 2.66. The highest BCUT2D eigenvalue weighted by molar-refractivity contribution is 5.87. The number of likely N-dealkylation sites (N-methyl/N-ethyl adjacent to an activating group) is 1. The predicted molar refractivity (Wildman–Crippen MR) is 107 cm³/mol. The Kier molecular flexibility index (Phi) is 3.51. The first-order chi connectivity index (χ1) is 12.5. The lowest BCUT2D eigenvalue weighted by molar-refractivity contribution is 0.269. The van der Waals surface area contributed by atoms with E-state index in [0.29, 0.717) is 5.92 Å². The van der Waals surface area contributed by atoms with Crippen LogP contribution in [0, 0.1) is 6.92 Å². The van der Waals surface area contributed by atoms with Crippen molar-refractivity contribution in [2.24, 2.45) is 0 Å². The maximum Gasteiger partial charge on any atom is 0.0486 e. The molecule has 134 valence electrons. The van der Waals surface area contributed by atoms with Crippen LogP contribution < -0.4 is 0 Å². The van der Waals surface area contributed by atoms with Gasteiger partial charge in [0.15, 0.2) is 0 Å². The molecule has 0 radical (unpaired) electrons. The quantitative estimate of drug-likeness (QED) is 0.641. The van der Waals surface area contributed by atoms with Crippen molar-refractivity contribution >= 4 is 10.9 Å². The second-order valence-corrected chi connectivity index (χ2v) is 8.70. The molecule has 0 N–H and O–H groups in total. The Morgan fingerprint density at radius 1 is 1.15 bits per heavy atom. The molecule has 3 aromatic rings. The van der Waals surface area contributed by atoms with Crippen LogP contribution in [0.4, 0.5) is 0 Å². The molecule has 3 heteroatoms. The van der Waals surface area contributed by atoms with Crippen LogP contribution in [0.15, 0.2) is 42.7 Å². The molecule has 2 aliphatic heterocycles. The molecule has 0 bridgehead atoms. The average Bonchev–Trinajstić information content (AvgIpc) is 2.83. The number of aromatic nitrogens is 2. The number of nitrogens with zero attached hydrogens (tertiary/aromatic N) is 3. The first-order valence-corrected chi connectivity index (χ1v) is 9.76. The van der Waals surface area contributed by atoms with Gasteiger partial charge in [-0.15, -0.1) is 0 Å². The lowest BCUT2D eigenvalue weighted by atomic mass is 9.77. The maximum atomic E-state index is 4.24. The number of fused-ring (bicyclic) bond motifs is 3. The van der Waals surface area contributed by atoms with Gasteiger partial charge in [-0.25, -0.2) is 0 Å². The van der Waals surface area contributed by atoms with Crippen LogP contribution in [0.5, 0.6) is 0 Å². The van der Waals surface area contributed by atoms with Crippen LogP contribution in [0.2, 0.25) is 0 Å². The summed E-state index contributed by atoms with van der Waals surface area (Å²) >= 11 is 0. The zero-order valence-electron chi connectivity index (χ0n) is 16.0. The van der Waals surface area contributed by atoms with Crippen molar-refractivity contribution in [3.63, 3.8) is 0 Å². The Balaban J connectivity index is 1.74. The van der Waals surface area contributed by atoms with Gasteiger partial charge in [0.2, 0.25) is 0 Å². The Labute approximate surface area is 155 Å². The van der Waals surface area contributed by atoms with E-state index in [9.17, 15) is 0 Å². The average molecular weight is 345 g/mol. The summed E-state index contributed by atoms with van der Waals surface area (Å²) in [4.78, 5) is 6.75. The molecule has 0 fully saturated rings. The molecule has 2 aromatic heterocycles. The van der Waals surface area contributed by atoms with Crippen molar-refractivity contribution in [3.8, 4) is 0 Å². The largest absolute Gasteiger partial charge is 0.343 e. The third-order valence-electron chi connectivity index (χ3n) is 6.64. The first-order valence-electron chi connectivity index (χ1n) is 9.76. The summed E-state index contributed by atoms with van der Waals surface area (Å²) in [5.41, 5.74) is 7.54. The van der Waals surface area contributed by atoms with E-state index in [1.807, 2.05) is 12.4 Å². The van der Waals surface area contributed by atoms with Crippen molar-refractivity contribution in [2.75, 3.05) is 13.6 Å². The molecule has 4 heterocycles. The number of aryl methyl sites for hydroxylation is 1. The number of pyridine rings is 1. The van der Waals surface area contributed by atoms with Crippen LogP contribution in [0.1, 0.15) is 48.1 Å². The van der Waals surface area contributed by atoms with Gasteiger partial charge in [0, 0.05) is 60.0 Å². The standard InChI is InChI=1S/C23H27N3/c1-16-4-5-21-19(12-16)20-14-25(3)13-17-6-9-23(2,15-26(21)22(17)20)18-7-10-24-11-8-18/h4-5,7-8,10-12,17H,6,9,13-15H2,1-3H3. The molecule has 3 nitrogen and oxygen atoms in total. The third kappa shape index (κ3) is 2.34. The van der Waals surface area contributed by atoms with Gasteiger partial charge in [-0.2, -0.15) is 0 Å². The van der Waals surface area contributed by atoms with Gasteiger partial charge >= 0.3 is 0 Å². The second-order valence-electron chi connectivity index (χ2n) is 8.70. The van der Waals surface area contributed by atoms with Crippen LogP contribution in [0.3, 0.4) is 0 Å². The molecule has 5 rings (SSSR count). The van der Waals surface area contributed by atoms with Crippen LogP contribution >= 0.6 is 0 Å². The topological polar surface area (TPSA) is 21.1 Å². The van der Waals surface area contributed by atoms with Crippen molar-refractivity contribution in [3.05, 3.63) is 65.1 Å². The molecule has 2 unspecified atom stereocenters. The normalized spacial score (nSPS) is 25.9. The fraction of sp³-hybridized carbons (Fsp3) is 0.435. The van der Waals surface area contributed by atoms with Crippen LogP contribution in [0.25, 0.3) is 10.9 Å². The van der Waals surface area contributed by atoms with E-state index >= 15 is 0 Å². The van der Waals surface area contributed by atoms with E-state index in [4.69, 9.17) is 0 Å². The molecule has 0 amide bonds. The molecular formula is C23H27N3. The lowest BCUT2D eigenvalue weighted by Crippen LogP contribution is -2.30. The molecule has 0 saturated heterocycles. The molecule has 0 aliphatic carbocycles. The van der Waals surface area contributed by atoms with E-state index < -0.39 is 0 Å². The van der Waals surface area contributed by atoms with E-state index in [0.717, 1.165) is 13.1 Å². The van der Waals surface area contributed by atoms with Gasteiger partial charge in [0.05, 0.1) is 0 Å². The van der Waals surface area contributed by atoms with E-state index in [-0.39, 0.29) is 5.41 Å². The minimum atomic E-state index is 0.156. The van der Waals surface area contributed by atoms with E-state index in [1.54, 1.807) is 11.3 Å². The van der Waals surface area contributed by atoms with Gasteiger partial charge in [-0.3, -0.25) is 4.98 Å². The Morgan fingerprint density at radius 3 is 2.77 bits per heavy atom. The van der Waals surface area contributed by atoms with Gasteiger partial charge in [0.1, 0.15) is 0 Å². The highest BCUT2D eigenvalue weighted by Crippen LogP contribution is 2.45. The molecule has 0 spiro atoms. The SMILES string of the molecule is Cc1ccc2c(c1)c1c3n2CC(C)(c2ccncc2)CCC3CN(C)C1. The lowest BCUT2D eigenvalue weighted by Gasteiger charge is -2.31. The number of hydrogen-bond acceptors (Lipinski definition) is 2. The van der Waals surface area contributed by atoms with Crippen molar-refractivity contribution < 1.29 is 0 Å². The fourth-order valence-corrected chi connectivity index (χ4v) is 5.30. The number of hydrogen-bond donors (Lipinski definition) is 0. The molecular weight excluding hydrogens is 318 g/mol. The number of rotatable bonds is 1. The van der Waals surface area contributed by atoms with Gasteiger partial charge in [0.25, 0.3) is 0 Å². The predicted octanol–water partition coefficient (Wildman–Crippen LogP) is 4.63. The van der Waals surface area contributed by atoms with Crippen molar-refractivity contribution in [1.82, 2.24) is 14.5 Å². The first kappa shape index (κ1) is 16.1. The maximum absolute atomic E-state index is 4.24. The summed E-state index contributed by atoms with van der Waals surface area (Å²) in [6, 6.07) is 11.4. The van der Waals surface area contributed by atoms with Crippen LogP contribution in [-0.4, -0.2) is 28.0 Å². The Morgan fingerprint density at radius 2 is 1.96 bits per heavy atom. The van der Waals surface area contributed by atoms with Gasteiger partial charge < -0.3 is 9.47 Å². The molecule has 0 saturated carbocycles. The van der Waals surface area contributed by atoms with E-state index in [2.05, 4.69) is 65.7 Å². The Hall–Kier alpha value is -2.13. The molecule has 2 atom stereocenters. The molecule has 1 aromatic carbocycles. The summed E-state index contributed by atoms with van der Waals surface area (Å²) in [6.07, 6.45) is 6.37. The highest BCUT2D eigenvalue weighted by Gasteiger charge is 2.38.